The van der Waals surface area contributed by atoms with E-state index in [2.05, 4.69) is 6.92 Å². The van der Waals surface area contributed by atoms with E-state index in [9.17, 15) is 0 Å². The van der Waals surface area contributed by atoms with Crippen molar-refractivity contribution in [3.05, 3.63) is 50.2 Å². The fraction of sp³-hybridized carbons (Fsp3) is 0.429. The van der Waals surface area contributed by atoms with Gasteiger partial charge in [0.1, 0.15) is 0 Å². The Balaban J connectivity index is -0.0000000369. The summed E-state index contributed by atoms with van der Waals surface area (Å²) in [6, 6.07) is 9.87. The smallest absolute Gasteiger partial charge is 0 e. The van der Waals surface area contributed by atoms with E-state index < -0.39 is 0 Å². The van der Waals surface area contributed by atoms with Crippen LogP contribution in [-0.4, -0.2) is 0 Å². The number of hydrogen-bond donors (Lipinski definition) is 0. The molecule has 0 saturated heterocycles. The van der Waals surface area contributed by atoms with Gasteiger partial charge in [-0.3, -0.25) is 0 Å². The zero-order valence-corrected chi connectivity index (χ0v) is 14.5. The minimum atomic E-state index is 0. The van der Waals surface area contributed by atoms with Crippen molar-refractivity contribution in [3.8, 4) is 0 Å². The van der Waals surface area contributed by atoms with E-state index in [0.29, 0.717) is 0 Å². The van der Waals surface area contributed by atoms with Crippen LogP contribution in [0.1, 0.15) is 47.1 Å². The third-order valence-corrected chi connectivity index (χ3v) is 0.843. The van der Waals surface area contributed by atoms with E-state index in [0.717, 1.165) is 5.56 Å². The minimum absolute atomic E-state index is 0. The molecule has 0 aromatic heterocycles. The molecule has 0 N–H and O–H groups in total. The van der Waals surface area contributed by atoms with Crippen LogP contribution in [0.4, 0.5) is 0 Å². The van der Waals surface area contributed by atoms with Gasteiger partial charge in [0.2, 0.25) is 0 Å². The summed E-state index contributed by atoms with van der Waals surface area (Å²) in [6.07, 6.45) is 0. The number of hydrogen-bond acceptors (Lipinski definition) is 0. The molecule has 0 heterocycles. The Hall–Kier alpha value is 0.194. The normalized spacial score (nSPS) is 5.20. The monoisotopic (exact) mass is 285 g/mol. The maximum atomic E-state index is 3.72. The Labute approximate surface area is 124 Å². The van der Waals surface area contributed by atoms with Crippen LogP contribution in [0.5, 0.6) is 0 Å². The predicted molar refractivity (Wildman–Crippen MR) is 71.4 cm³/mol. The van der Waals surface area contributed by atoms with Crippen LogP contribution in [-0.2, 0) is 32.7 Å². The van der Waals surface area contributed by atoms with E-state index >= 15 is 0 Å². The van der Waals surface area contributed by atoms with Crippen molar-refractivity contribution in [1.29, 1.82) is 0 Å². The molecular formula is C14H28Y-2. The second-order valence-corrected chi connectivity index (χ2v) is 1.49. The van der Waals surface area contributed by atoms with Gasteiger partial charge in [0.15, 0.2) is 0 Å². The predicted octanol–water partition coefficient (Wildman–Crippen LogP) is 5.40. The first kappa shape index (κ1) is 29.5. The van der Waals surface area contributed by atoms with Crippen LogP contribution in [0.15, 0.2) is 30.3 Å². The Kier molecular flexibility index (Phi) is 72.3. The van der Waals surface area contributed by atoms with Gasteiger partial charge in [-0.15, -0.1) is 12.1 Å². The molecule has 1 rings (SSSR count). The van der Waals surface area contributed by atoms with Gasteiger partial charge < -0.3 is 7.43 Å². The van der Waals surface area contributed by atoms with E-state index in [4.69, 9.17) is 0 Å². The SMILES string of the molecule is CC.CC.CC.[CH2-]c1ccccc1.[CH3-].[Y]. The summed E-state index contributed by atoms with van der Waals surface area (Å²) in [6.45, 7) is 15.7. The maximum Gasteiger partial charge on any atom is 0 e. The van der Waals surface area contributed by atoms with Crippen molar-refractivity contribution in [2.75, 3.05) is 0 Å². The van der Waals surface area contributed by atoms with E-state index in [1.54, 1.807) is 0 Å². The van der Waals surface area contributed by atoms with Crippen molar-refractivity contribution in [2.45, 2.75) is 41.5 Å². The number of rotatable bonds is 0. The summed E-state index contributed by atoms with van der Waals surface area (Å²) < 4.78 is 0. The van der Waals surface area contributed by atoms with Crippen LogP contribution >= 0.6 is 0 Å². The molecule has 0 amide bonds. The van der Waals surface area contributed by atoms with Gasteiger partial charge in [0.25, 0.3) is 0 Å². The molecule has 1 aromatic carbocycles. The molecule has 0 saturated carbocycles. The van der Waals surface area contributed by atoms with E-state index in [1.807, 2.05) is 71.9 Å². The van der Waals surface area contributed by atoms with E-state index in [1.165, 1.54) is 0 Å². The Morgan fingerprint density at radius 2 is 1.00 bits per heavy atom. The van der Waals surface area contributed by atoms with Crippen LogP contribution in [0.2, 0.25) is 0 Å². The Morgan fingerprint density at radius 3 is 1.13 bits per heavy atom. The topological polar surface area (TPSA) is 0 Å². The summed E-state index contributed by atoms with van der Waals surface area (Å²) in [4.78, 5) is 0. The summed E-state index contributed by atoms with van der Waals surface area (Å²) in [5.41, 5.74) is 1.07. The van der Waals surface area contributed by atoms with Crippen molar-refractivity contribution in [1.82, 2.24) is 0 Å². The number of benzene rings is 1. The molecule has 0 atom stereocenters. The van der Waals surface area contributed by atoms with Gasteiger partial charge in [-0.2, -0.15) is 24.6 Å². The largest absolute Gasteiger partial charge is 0.358 e. The molecule has 0 aliphatic heterocycles. The summed E-state index contributed by atoms with van der Waals surface area (Å²) in [5.74, 6) is 0. The van der Waals surface area contributed by atoms with Gasteiger partial charge in [-0.1, -0.05) is 47.6 Å². The maximum absolute atomic E-state index is 3.72. The van der Waals surface area contributed by atoms with Gasteiger partial charge in [-0.25, -0.2) is 0 Å². The standard InChI is InChI=1S/C7H7.3C2H6.CH3.Y/c1-7-5-3-2-4-6-7;3*1-2;;/h2-6H,1H2;3*1-2H3;1H3;/q-1;;;;-1;. The van der Waals surface area contributed by atoms with Crippen LogP contribution in [0.25, 0.3) is 0 Å². The molecule has 89 valence electrons. The molecule has 1 heteroatoms. The fourth-order valence-corrected chi connectivity index (χ4v) is 0.478. The molecular weight excluding hydrogens is 257 g/mol. The first-order valence-corrected chi connectivity index (χ1v) is 5.26. The third kappa shape index (κ3) is 31.4. The van der Waals surface area contributed by atoms with Gasteiger partial charge in [0, 0.05) is 32.7 Å². The van der Waals surface area contributed by atoms with Crippen LogP contribution < -0.4 is 0 Å². The molecule has 0 aliphatic carbocycles. The second-order valence-electron chi connectivity index (χ2n) is 1.49. The van der Waals surface area contributed by atoms with Crippen molar-refractivity contribution in [3.63, 3.8) is 0 Å². The third-order valence-electron chi connectivity index (χ3n) is 0.843. The zero-order valence-electron chi connectivity index (χ0n) is 11.7. The van der Waals surface area contributed by atoms with Gasteiger partial charge >= 0.3 is 0 Å². The minimum Gasteiger partial charge on any atom is -0.358 e. The van der Waals surface area contributed by atoms with Crippen molar-refractivity contribution in [2.24, 2.45) is 0 Å². The average molecular weight is 285 g/mol. The molecule has 0 aliphatic rings. The fourth-order valence-electron chi connectivity index (χ4n) is 0.478. The first-order chi connectivity index (χ1) is 6.39. The molecule has 0 bridgehead atoms. The van der Waals surface area contributed by atoms with Gasteiger partial charge in [0.05, 0.1) is 0 Å². The summed E-state index contributed by atoms with van der Waals surface area (Å²) in [7, 11) is 0. The zero-order chi connectivity index (χ0) is 11.1. The Morgan fingerprint density at radius 1 is 0.733 bits per heavy atom. The molecule has 0 unspecified atom stereocenters. The Bertz CT molecular complexity index is 135. The van der Waals surface area contributed by atoms with Crippen molar-refractivity contribution >= 4 is 0 Å². The van der Waals surface area contributed by atoms with Crippen molar-refractivity contribution < 1.29 is 32.7 Å². The summed E-state index contributed by atoms with van der Waals surface area (Å²) >= 11 is 0. The molecule has 1 radical (unpaired) electrons. The van der Waals surface area contributed by atoms with E-state index in [-0.39, 0.29) is 40.1 Å². The molecule has 0 fully saturated rings. The summed E-state index contributed by atoms with van der Waals surface area (Å²) in [5, 5.41) is 0. The molecule has 0 nitrogen and oxygen atoms in total. The molecule has 1 aromatic rings. The van der Waals surface area contributed by atoms with Crippen LogP contribution in [0.3, 0.4) is 0 Å². The van der Waals surface area contributed by atoms with Gasteiger partial charge in [-0.05, 0) is 0 Å². The first-order valence-electron chi connectivity index (χ1n) is 5.26. The second kappa shape index (κ2) is 36.8. The average Bonchev–Trinajstić information content (AvgIpc) is 2.28. The molecule has 15 heavy (non-hydrogen) atoms. The quantitative estimate of drug-likeness (QED) is 0.560. The molecule has 0 spiro atoms. The van der Waals surface area contributed by atoms with Crippen LogP contribution in [0, 0.1) is 14.4 Å².